The Bertz CT molecular complexity index is 329. The highest BCUT2D eigenvalue weighted by Crippen LogP contribution is 2.07. The molecule has 0 saturated carbocycles. The average Bonchev–Trinajstić information content (AvgIpc) is 2.50. The molecule has 2 heteroatoms. The Morgan fingerprint density at radius 2 is 1.23 bits per heavy atom. The molecule has 0 aliphatic heterocycles. The molecule has 0 fully saturated rings. The number of halogens is 1. The average molecular weight is 325 g/mol. The van der Waals surface area contributed by atoms with Crippen LogP contribution >= 0.6 is 11.6 Å². The number of hydrogen-bond donors (Lipinski definition) is 0. The molecule has 0 rings (SSSR count). The first-order valence-corrected chi connectivity index (χ1v) is 9.28. The predicted molar refractivity (Wildman–Crippen MR) is 99.4 cm³/mol. The first kappa shape index (κ1) is 21.2. The van der Waals surface area contributed by atoms with Crippen LogP contribution in [-0.2, 0) is 4.79 Å². The van der Waals surface area contributed by atoms with Gasteiger partial charge in [-0.1, -0.05) is 69.1 Å². The van der Waals surface area contributed by atoms with Crippen molar-refractivity contribution in [1.82, 2.24) is 0 Å². The van der Waals surface area contributed by atoms with Gasteiger partial charge in [0.15, 0.2) is 0 Å². The summed E-state index contributed by atoms with van der Waals surface area (Å²) in [5.41, 5.74) is 0. The van der Waals surface area contributed by atoms with Crippen LogP contribution < -0.4 is 0 Å². The molecule has 1 nitrogen and oxygen atoms in total. The van der Waals surface area contributed by atoms with E-state index in [0.29, 0.717) is 6.42 Å². The summed E-state index contributed by atoms with van der Waals surface area (Å²) in [7, 11) is 0. The van der Waals surface area contributed by atoms with Crippen LogP contribution in [0.15, 0.2) is 36.5 Å². The molecule has 0 aromatic heterocycles. The van der Waals surface area contributed by atoms with Crippen LogP contribution in [0.1, 0.15) is 84.0 Å². The summed E-state index contributed by atoms with van der Waals surface area (Å²) in [4.78, 5) is 10.5. The van der Waals surface area contributed by atoms with Gasteiger partial charge in [-0.3, -0.25) is 4.79 Å². The second kappa shape index (κ2) is 18.2. The molecule has 0 bridgehead atoms. The van der Waals surface area contributed by atoms with Gasteiger partial charge in [-0.2, -0.15) is 0 Å². The Kier molecular flexibility index (Phi) is 17.6. The Balaban J connectivity index is 3.29. The first-order valence-electron chi connectivity index (χ1n) is 8.90. The van der Waals surface area contributed by atoms with Crippen molar-refractivity contribution in [2.24, 2.45) is 0 Å². The number of unbranched alkanes of at least 4 members (excludes halogenated alkanes) is 7. The highest BCUT2D eigenvalue weighted by molar-refractivity contribution is 6.63. The van der Waals surface area contributed by atoms with Gasteiger partial charge >= 0.3 is 0 Å². The zero-order chi connectivity index (χ0) is 16.3. The molecule has 0 aromatic rings. The van der Waals surface area contributed by atoms with Gasteiger partial charge in [0.2, 0.25) is 5.24 Å². The summed E-state index contributed by atoms with van der Waals surface area (Å²) in [6.45, 7) is 2.24. The van der Waals surface area contributed by atoms with Crippen molar-refractivity contribution in [2.45, 2.75) is 84.0 Å². The maximum absolute atomic E-state index is 10.5. The molecule has 0 aliphatic rings. The van der Waals surface area contributed by atoms with Crippen molar-refractivity contribution >= 4 is 16.8 Å². The number of hydrogen-bond acceptors (Lipinski definition) is 1. The van der Waals surface area contributed by atoms with Crippen LogP contribution in [0, 0.1) is 0 Å². The van der Waals surface area contributed by atoms with Gasteiger partial charge in [-0.25, -0.2) is 0 Å². The molecule has 0 atom stereocenters. The van der Waals surface area contributed by atoms with Crippen molar-refractivity contribution in [1.29, 1.82) is 0 Å². The van der Waals surface area contributed by atoms with Gasteiger partial charge < -0.3 is 0 Å². The molecule has 0 aromatic carbocycles. The molecule has 0 radical (unpaired) electrons. The fourth-order valence-electron chi connectivity index (χ4n) is 2.17. The van der Waals surface area contributed by atoms with Crippen LogP contribution in [0.2, 0.25) is 0 Å². The van der Waals surface area contributed by atoms with E-state index < -0.39 is 0 Å². The SMILES string of the molecule is CCCCC/C=C\C/C=C\C/C=C\CCCCCCC(=O)Cl. The van der Waals surface area contributed by atoms with Crippen LogP contribution in [0.3, 0.4) is 0 Å². The van der Waals surface area contributed by atoms with E-state index in [1.54, 1.807) is 0 Å². The van der Waals surface area contributed by atoms with E-state index in [0.717, 1.165) is 32.1 Å². The minimum atomic E-state index is -0.206. The molecule has 0 unspecified atom stereocenters. The lowest BCUT2D eigenvalue weighted by molar-refractivity contribution is -0.111. The largest absolute Gasteiger partial charge is 0.281 e. The van der Waals surface area contributed by atoms with E-state index in [-0.39, 0.29) is 5.24 Å². The molecule has 22 heavy (non-hydrogen) atoms. The minimum absolute atomic E-state index is 0.206. The first-order chi connectivity index (χ1) is 10.8. The minimum Gasteiger partial charge on any atom is -0.281 e. The summed E-state index contributed by atoms with van der Waals surface area (Å²) in [5.74, 6) is 0. The zero-order valence-corrected chi connectivity index (χ0v) is 15.0. The van der Waals surface area contributed by atoms with Crippen LogP contribution in [0.5, 0.6) is 0 Å². The molecule has 0 amide bonds. The summed E-state index contributed by atoms with van der Waals surface area (Å²) in [6.07, 6.45) is 26.9. The third-order valence-corrected chi connectivity index (χ3v) is 3.70. The van der Waals surface area contributed by atoms with Gasteiger partial charge in [0.05, 0.1) is 0 Å². The highest BCUT2D eigenvalue weighted by atomic mass is 35.5. The van der Waals surface area contributed by atoms with Gasteiger partial charge in [0, 0.05) is 6.42 Å². The molecule has 0 N–H and O–H groups in total. The lowest BCUT2D eigenvalue weighted by Crippen LogP contribution is -1.85. The molecule has 0 saturated heterocycles. The summed E-state index contributed by atoms with van der Waals surface area (Å²) >= 11 is 5.29. The molecule has 0 heterocycles. The van der Waals surface area contributed by atoms with Gasteiger partial charge in [-0.05, 0) is 56.5 Å². The lowest BCUT2D eigenvalue weighted by atomic mass is 10.1. The van der Waals surface area contributed by atoms with Crippen molar-refractivity contribution in [3.8, 4) is 0 Å². The Morgan fingerprint density at radius 3 is 1.77 bits per heavy atom. The van der Waals surface area contributed by atoms with Gasteiger partial charge in [0.25, 0.3) is 0 Å². The maximum Gasteiger partial charge on any atom is 0.221 e. The molecular weight excluding hydrogens is 292 g/mol. The number of allylic oxidation sites excluding steroid dienone is 6. The van der Waals surface area contributed by atoms with E-state index in [2.05, 4.69) is 43.4 Å². The number of carbonyl (C=O) groups is 1. The number of carbonyl (C=O) groups excluding carboxylic acids is 1. The monoisotopic (exact) mass is 324 g/mol. The van der Waals surface area contributed by atoms with E-state index in [4.69, 9.17) is 11.6 Å². The number of rotatable bonds is 15. The van der Waals surface area contributed by atoms with Crippen molar-refractivity contribution in [2.75, 3.05) is 0 Å². The van der Waals surface area contributed by atoms with Crippen LogP contribution in [0.25, 0.3) is 0 Å². The summed E-state index contributed by atoms with van der Waals surface area (Å²) < 4.78 is 0. The third-order valence-electron chi connectivity index (χ3n) is 3.51. The molecule has 0 aliphatic carbocycles. The quantitative estimate of drug-likeness (QED) is 0.178. The fourth-order valence-corrected chi connectivity index (χ4v) is 2.30. The van der Waals surface area contributed by atoms with E-state index in [1.807, 2.05) is 0 Å². The Hall–Kier alpha value is -0.820. The fraction of sp³-hybridized carbons (Fsp3) is 0.650. The van der Waals surface area contributed by atoms with E-state index in [1.165, 1.54) is 38.5 Å². The normalized spacial score (nSPS) is 12.1. The van der Waals surface area contributed by atoms with Crippen molar-refractivity contribution < 1.29 is 4.79 Å². The van der Waals surface area contributed by atoms with Crippen LogP contribution in [-0.4, -0.2) is 5.24 Å². The second-order valence-electron chi connectivity index (χ2n) is 5.69. The summed E-state index contributed by atoms with van der Waals surface area (Å²) in [6, 6.07) is 0. The van der Waals surface area contributed by atoms with Crippen LogP contribution in [0.4, 0.5) is 0 Å². The predicted octanol–water partition coefficient (Wildman–Crippen LogP) is 7.12. The Morgan fingerprint density at radius 1 is 0.727 bits per heavy atom. The lowest BCUT2D eigenvalue weighted by Gasteiger charge is -1.96. The van der Waals surface area contributed by atoms with E-state index in [9.17, 15) is 4.79 Å². The Labute approximate surface area is 142 Å². The standard InChI is InChI=1S/C20H33ClO/c1-2-3-4-5-6-7-8-9-10-11-12-13-14-15-16-17-18-19-20(21)22/h6-7,9-10,12-13H,2-5,8,11,14-19H2,1H3/b7-6-,10-9-,13-12-. The molecular formula is C20H33ClO. The maximum atomic E-state index is 10.5. The molecule has 0 spiro atoms. The second-order valence-corrected chi connectivity index (χ2v) is 6.11. The summed E-state index contributed by atoms with van der Waals surface area (Å²) in [5, 5.41) is -0.206. The van der Waals surface area contributed by atoms with E-state index >= 15 is 0 Å². The van der Waals surface area contributed by atoms with Gasteiger partial charge in [-0.15, -0.1) is 0 Å². The topological polar surface area (TPSA) is 17.1 Å². The van der Waals surface area contributed by atoms with Gasteiger partial charge in [0.1, 0.15) is 0 Å². The zero-order valence-electron chi connectivity index (χ0n) is 14.2. The third kappa shape index (κ3) is 19.2. The van der Waals surface area contributed by atoms with Crippen molar-refractivity contribution in [3.63, 3.8) is 0 Å². The van der Waals surface area contributed by atoms with Crippen molar-refractivity contribution in [3.05, 3.63) is 36.5 Å². The molecule has 126 valence electrons. The highest BCUT2D eigenvalue weighted by Gasteiger charge is 1.94. The smallest absolute Gasteiger partial charge is 0.221 e.